The molecule has 3 aromatic rings. The number of rotatable bonds is 6. The summed E-state index contributed by atoms with van der Waals surface area (Å²) in [6.07, 6.45) is 0.638. The predicted octanol–water partition coefficient (Wildman–Crippen LogP) is 4.91. The van der Waals surface area contributed by atoms with E-state index in [1.165, 1.54) is 17.3 Å². The van der Waals surface area contributed by atoms with Crippen molar-refractivity contribution in [1.29, 1.82) is 0 Å². The van der Waals surface area contributed by atoms with Gasteiger partial charge in [-0.3, -0.25) is 9.59 Å². The molecule has 0 aromatic heterocycles. The van der Waals surface area contributed by atoms with Gasteiger partial charge in [0.1, 0.15) is 11.0 Å². The molecule has 3 aromatic carbocycles. The number of amidine groups is 1. The molecule has 0 saturated heterocycles. The van der Waals surface area contributed by atoms with Gasteiger partial charge in [0, 0.05) is 24.6 Å². The Labute approximate surface area is 229 Å². The number of thioether (sulfide) groups is 1. The van der Waals surface area contributed by atoms with Crippen LogP contribution in [0.2, 0.25) is 0 Å². The van der Waals surface area contributed by atoms with Gasteiger partial charge >= 0.3 is 0 Å². The smallest absolute Gasteiger partial charge is 0.262 e. The van der Waals surface area contributed by atoms with Crippen LogP contribution in [-0.2, 0) is 9.59 Å². The highest BCUT2D eigenvalue weighted by Crippen LogP contribution is 2.39. The number of fused-ring (bicyclic) bond motifs is 1. The summed E-state index contributed by atoms with van der Waals surface area (Å²) in [5, 5.41) is 9.42. The molecular formula is C29H26N4O5S. The van der Waals surface area contributed by atoms with E-state index in [2.05, 4.69) is 34.6 Å². The normalized spacial score (nSPS) is 19.6. The fraction of sp³-hybridized carbons (Fsp3) is 0.241. The topological polar surface area (TPSA) is 102 Å². The Morgan fingerprint density at radius 2 is 1.85 bits per heavy atom. The average Bonchev–Trinajstić information content (AvgIpc) is 3.68. The zero-order valence-corrected chi connectivity index (χ0v) is 22.2. The molecule has 2 amide bonds. The van der Waals surface area contributed by atoms with E-state index >= 15 is 0 Å². The van der Waals surface area contributed by atoms with E-state index in [4.69, 9.17) is 19.3 Å². The Morgan fingerprint density at radius 1 is 1.08 bits per heavy atom. The van der Waals surface area contributed by atoms with Crippen LogP contribution in [0.25, 0.3) is 0 Å². The Kier molecular flexibility index (Phi) is 6.70. The number of carbonyl (C=O) groups is 2. The zero-order valence-electron chi connectivity index (χ0n) is 21.4. The minimum Gasteiger partial charge on any atom is -0.497 e. The molecule has 3 aliphatic heterocycles. The maximum Gasteiger partial charge on any atom is 0.262 e. The number of hydrogen-bond acceptors (Lipinski definition) is 8. The highest BCUT2D eigenvalue weighted by atomic mass is 32.2. The summed E-state index contributed by atoms with van der Waals surface area (Å²) in [5.74, 6) is 1.34. The lowest BCUT2D eigenvalue weighted by Crippen LogP contribution is -2.25. The summed E-state index contributed by atoms with van der Waals surface area (Å²) in [5.41, 5.74) is 4.71. The predicted molar refractivity (Wildman–Crippen MR) is 150 cm³/mol. The van der Waals surface area contributed by atoms with Crippen molar-refractivity contribution in [2.75, 3.05) is 19.2 Å². The number of amides is 2. The number of anilines is 1. The molecule has 0 spiro atoms. The second-order valence-electron chi connectivity index (χ2n) is 9.41. The first kappa shape index (κ1) is 25.0. The van der Waals surface area contributed by atoms with Gasteiger partial charge in [0.25, 0.3) is 5.91 Å². The van der Waals surface area contributed by atoms with Crippen molar-refractivity contribution >= 4 is 40.1 Å². The lowest BCUT2D eigenvalue weighted by atomic mass is 9.98. The van der Waals surface area contributed by atoms with Crippen molar-refractivity contribution in [3.05, 3.63) is 83.4 Å². The molecule has 198 valence electrons. The molecule has 2 atom stereocenters. The second kappa shape index (κ2) is 10.5. The molecule has 0 radical (unpaired) electrons. The van der Waals surface area contributed by atoms with E-state index in [1.807, 2.05) is 36.2 Å². The van der Waals surface area contributed by atoms with E-state index < -0.39 is 5.25 Å². The van der Waals surface area contributed by atoms with Crippen LogP contribution >= 0.6 is 11.8 Å². The zero-order chi connectivity index (χ0) is 26.9. The Morgan fingerprint density at radius 3 is 2.62 bits per heavy atom. The molecule has 1 N–H and O–H groups in total. The van der Waals surface area contributed by atoms with Gasteiger partial charge in [0.15, 0.2) is 16.7 Å². The maximum atomic E-state index is 12.9. The molecule has 9 nitrogen and oxygen atoms in total. The highest BCUT2D eigenvalue weighted by Gasteiger charge is 2.39. The van der Waals surface area contributed by atoms with Crippen LogP contribution in [-0.4, -0.2) is 46.9 Å². The number of methoxy groups -OCH3 is 1. The van der Waals surface area contributed by atoms with E-state index in [-0.39, 0.29) is 31.1 Å². The molecule has 6 rings (SSSR count). The summed E-state index contributed by atoms with van der Waals surface area (Å²) >= 11 is 1.27. The van der Waals surface area contributed by atoms with Crippen LogP contribution in [0.1, 0.15) is 35.6 Å². The second-order valence-corrected chi connectivity index (χ2v) is 10.6. The van der Waals surface area contributed by atoms with Crippen LogP contribution < -0.4 is 19.5 Å². The number of carbonyl (C=O) groups excluding carboxylic acids is 2. The van der Waals surface area contributed by atoms with Gasteiger partial charge in [-0.1, -0.05) is 53.7 Å². The molecule has 3 aliphatic rings. The van der Waals surface area contributed by atoms with Gasteiger partial charge in [-0.15, -0.1) is 0 Å². The van der Waals surface area contributed by atoms with Crippen LogP contribution in [0.15, 0.2) is 76.8 Å². The van der Waals surface area contributed by atoms with Gasteiger partial charge in [-0.25, -0.2) is 5.01 Å². The summed E-state index contributed by atoms with van der Waals surface area (Å²) in [6.45, 7) is 2.20. The van der Waals surface area contributed by atoms with Gasteiger partial charge in [-0.2, -0.15) is 10.1 Å². The van der Waals surface area contributed by atoms with Crippen molar-refractivity contribution in [2.24, 2.45) is 10.1 Å². The molecule has 0 bridgehead atoms. The minimum absolute atomic E-state index is 0.0134. The first-order valence-electron chi connectivity index (χ1n) is 12.5. The van der Waals surface area contributed by atoms with Gasteiger partial charge in [-0.05, 0) is 42.3 Å². The number of hydrazone groups is 1. The number of benzene rings is 3. The third kappa shape index (κ3) is 5.20. The summed E-state index contributed by atoms with van der Waals surface area (Å²) in [4.78, 5) is 30.0. The first-order chi connectivity index (χ1) is 19.0. The third-order valence-electron chi connectivity index (χ3n) is 6.75. The SMILES string of the molecule is COc1ccc(C2CC(c3ccc(C)cc3)=NN2C2=NC(=O)C(CC(=O)Nc3ccc4c(c3)OCO4)S2)cc1. The number of nitrogens with zero attached hydrogens (tertiary/aromatic N) is 3. The van der Waals surface area contributed by atoms with E-state index in [0.29, 0.717) is 28.8 Å². The fourth-order valence-electron chi connectivity index (χ4n) is 4.65. The molecule has 39 heavy (non-hydrogen) atoms. The monoisotopic (exact) mass is 542 g/mol. The average molecular weight is 543 g/mol. The number of ether oxygens (including phenoxy) is 3. The van der Waals surface area contributed by atoms with Crippen LogP contribution in [0.4, 0.5) is 5.69 Å². The van der Waals surface area contributed by atoms with Crippen molar-refractivity contribution < 1.29 is 23.8 Å². The quantitative estimate of drug-likeness (QED) is 0.472. The number of aryl methyl sites for hydroxylation is 1. The molecule has 0 aliphatic carbocycles. The van der Waals surface area contributed by atoms with Gasteiger partial charge in [0.05, 0.1) is 18.9 Å². The lowest BCUT2D eigenvalue weighted by Gasteiger charge is -2.23. The fourth-order valence-corrected chi connectivity index (χ4v) is 5.71. The maximum absolute atomic E-state index is 12.9. The van der Waals surface area contributed by atoms with Crippen LogP contribution in [0, 0.1) is 6.92 Å². The standard InChI is InChI=1S/C29H26N4O5S/c1-17-3-5-18(6-4-17)22-14-23(19-7-10-21(36-2)11-8-19)33(32-22)29-31-28(35)26(39-29)15-27(34)30-20-9-12-24-25(13-20)38-16-37-24/h3-13,23,26H,14-16H2,1-2H3,(H,30,34). The Hall–Kier alpha value is -4.31. The Balaban J connectivity index is 1.19. The number of aliphatic imine (C=N–C) groups is 1. The largest absolute Gasteiger partial charge is 0.497 e. The first-order valence-corrected chi connectivity index (χ1v) is 13.4. The van der Waals surface area contributed by atoms with Gasteiger partial charge < -0.3 is 19.5 Å². The third-order valence-corrected chi connectivity index (χ3v) is 7.89. The number of nitrogens with one attached hydrogen (secondary N) is 1. The van der Waals surface area contributed by atoms with Crippen LogP contribution in [0.3, 0.4) is 0 Å². The van der Waals surface area contributed by atoms with E-state index in [1.54, 1.807) is 25.3 Å². The summed E-state index contributed by atoms with van der Waals surface area (Å²) < 4.78 is 16.0. The minimum atomic E-state index is -0.635. The molecule has 3 heterocycles. The van der Waals surface area contributed by atoms with Gasteiger partial charge in [0.2, 0.25) is 12.7 Å². The van der Waals surface area contributed by atoms with E-state index in [9.17, 15) is 9.59 Å². The van der Waals surface area contributed by atoms with E-state index in [0.717, 1.165) is 22.6 Å². The summed E-state index contributed by atoms with van der Waals surface area (Å²) in [6, 6.07) is 21.1. The van der Waals surface area contributed by atoms with Crippen molar-refractivity contribution in [3.63, 3.8) is 0 Å². The Bertz CT molecular complexity index is 1490. The highest BCUT2D eigenvalue weighted by molar-refractivity contribution is 8.15. The molecule has 2 unspecified atom stereocenters. The van der Waals surface area contributed by atoms with Crippen molar-refractivity contribution in [1.82, 2.24) is 5.01 Å². The molecular weight excluding hydrogens is 516 g/mol. The summed E-state index contributed by atoms with van der Waals surface area (Å²) in [7, 11) is 1.63. The van der Waals surface area contributed by atoms with Crippen molar-refractivity contribution in [3.8, 4) is 17.2 Å². The number of hydrogen-bond donors (Lipinski definition) is 1. The lowest BCUT2D eigenvalue weighted by molar-refractivity contribution is -0.121. The molecule has 0 fully saturated rings. The van der Waals surface area contributed by atoms with Crippen molar-refractivity contribution in [2.45, 2.75) is 31.1 Å². The molecule has 0 saturated carbocycles. The molecule has 10 heteroatoms. The van der Waals surface area contributed by atoms with Crippen LogP contribution in [0.5, 0.6) is 17.2 Å².